The molecule has 0 radical (unpaired) electrons. The number of carbonyl (C=O) groups excluding carboxylic acids is 3. The highest BCUT2D eigenvalue weighted by Gasteiger charge is 2.75. The Balaban J connectivity index is 1.61. The molecule has 4 rings (SSSR count). The van der Waals surface area contributed by atoms with Gasteiger partial charge in [-0.2, -0.15) is 0 Å². The number of rotatable bonds is 16. The molecular weight excluding hydrogens is 526 g/mol. The standard InChI is InChI=1S/C31H49N3O7/c1-5-7-8-9-17-40-30(38)25-24-10-11-31(41-24)26(25)28(36)34(23(21-35)20-22(3)4)27(31)29(37)33(12-6-2)14-13-32-15-18-39-19-16-32/h5-6,22-27,35H,1-2,7-21H2,3-4H3/t23-,24-,25+,26+,27?,31?/m1/s1. The Morgan fingerprint density at radius 1 is 1.22 bits per heavy atom. The molecule has 4 aliphatic heterocycles. The number of esters is 1. The van der Waals surface area contributed by atoms with Gasteiger partial charge in [0, 0.05) is 32.7 Å². The molecule has 0 aromatic heterocycles. The van der Waals surface area contributed by atoms with E-state index in [9.17, 15) is 19.5 Å². The number of morpholine rings is 1. The fraction of sp³-hybridized carbons (Fsp3) is 0.774. The maximum atomic E-state index is 14.5. The summed E-state index contributed by atoms with van der Waals surface area (Å²) in [7, 11) is 0. The highest BCUT2D eigenvalue weighted by atomic mass is 16.6. The second kappa shape index (κ2) is 14.3. The lowest BCUT2D eigenvalue weighted by Gasteiger charge is -2.40. The van der Waals surface area contributed by atoms with Crippen LogP contribution in [0.15, 0.2) is 25.3 Å². The molecule has 4 heterocycles. The smallest absolute Gasteiger partial charge is 0.312 e. The van der Waals surface area contributed by atoms with Crippen LogP contribution in [0.2, 0.25) is 0 Å². The zero-order valence-corrected chi connectivity index (χ0v) is 24.9. The Morgan fingerprint density at radius 2 is 1.98 bits per heavy atom. The van der Waals surface area contributed by atoms with Crippen LogP contribution in [0.1, 0.15) is 52.4 Å². The van der Waals surface area contributed by atoms with Crippen LogP contribution < -0.4 is 0 Å². The van der Waals surface area contributed by atoms with Crippen LogP contribution >= 0.6 is 0 Å². The van der Waals surface area contributed by atoms with E-state index in [0.29, 0.717) is 58.5 Å². The largest absolute Gasteiger partial charge is 0.465 e. The molecule has 10 nitrogen and oxygen atoms in total. The number of aliphatic hydroxyl groups is 1. The fourth-order valence-electron chi connectivity index (χ4n) is 7.22. The third-order valence-electron chi connectivity index (χ3n) is 9.09. The van der Waals surface area contributed by atoms with Gasteiger partial charge < -0.3 is 29.1 Å². The van der Waals surface area contributed by atoms with Gasteiger partial charge in [-0.15, -0.1) is 13.2 Å². The van der Waals surface area contributed by atoms with Crippen molar-refractivity contribution in [2.24, 2.45) is 17.8 Å². The zero-order chi connectivity index (χ0) is 29.6. The molecule has 230 valence electrons. The number of ether oxygens (including phenoxy) is 3. The van der Waals surface area contributed by atoms with Crippen LogP contribution in [0, 0.1) is 17.8 Å². The molecule has 0 saturated carbocycles. The number of allylic oxidation sites excluding steroid dienone is 1. The van der Waals surface area contributed by atoms with Gasteiger partial charge in [0.2, 0.25) is 11.8 Å². The second-order valence-electron chi connectivity index (χ2n) is 12.2. The normalized spacial score (nSPS) is 30.0. The summed E-state index contributed by atoms with van der Waals surface area (Å²) in [6, 6.07) is -1.48. The first-order valence-corrected chi connectivity index (χ1v) is 15.4. The summed E-state index contributed by atoms with van der Waals surface area (Å²) in [5, 5.41) is 10.5. The van der Waals surface area contributed by atoms with Crippen molar-refractivity contribution in [3.05, 3.63) is 25.3 Å². The average Bonchev–Trinajstić information content (AvgIpc) is 3.61. The number of nitrogens with zero attached hydrogens (tertiary/aromatic N) is 3. The fourth-order valence-corrected chi connectivity index (χ4v) is 7.22. The molecule has 0 aromatic rings. The highest BCUT2D eigenvalue weighted by Crippen LogP contribution is 2.59. The first-order valence-electron chi connectivity index (χ1n) is 15.4. The minimum absolute atomic E-state index is 0.188. The SMILES string of the molecule is C=CCCCCOC(=O)[C@@H]1[C@H]2C(=O)N([C@@H](CO)CC(C)C)C(C(=O)N(CC=C)CCN3CCOCC3)C23CC[C@H]1O3. The van der Waals surface area contributed by atoms with Gasteiger partial charge in [0.1, 0.15) is 11.6 Å². The molecule has 1 spiro atoms. The van der Waals surface area contributed by atoms with Crippen molar-refractivity contribution in [1.29, 1.82) is 0 Å². The summed E-state index contributed by atoms with van der Waals surface area (Å²) < 4.78 is 17.7. The highest BCUT2D eigenvalue weighted by molar-refractivity contribution is 5.98. The lowest BCUT2D eigenvalue weighted by molar-refractivity contribution is -0.157. The van der Waals surface area contributed by atoms with Crippen molar-refractivity contribution in [2.75, 3.05) is 59.2 Å². The number of aliphatic hydroxyl groups excluding tert-OH is 1. The number of hydrogen-bond donors (Lipinski definition) is 1. The van der Waals surface area contributed by atoms with Crippen molar-refractivity contribution >= 4 is 17.8 Å². The number of hydrogen-bond acceptors (Lipinski definition) is 8. The molecule has 2 unspecified atom stereocenters. The van der Waals surface area contributed by atoms with Gasteiger partial charge in [0.25, 0.3) is 0 Å². The van der Waals surface area contributed by atoms with E-state index in [1.165, 1.54) is 0 Å². The van der Waals surface area contributed by atoms with Crippen LogP contribution in [0.4, 0.5) is 0 Å². The third kappa shape index (κ3) is 6.55. The number of likely N-dealkylation sites (tertiary alicyclic amines) is 1. The Bertz CT molecular complexity index is 952. The predicted molar refractivity (Wildman–Crippen MR) is 154 cm³/mol. The lowest BCUT2D eigenvalue weighted by Crippen LogP contribution is -2.59. The van der Waals surface area contributed by atoms with Crippen LogP contribution in [0.3, 0.4) is 0 Å². The molecule has 0 aliphatic carbocycles. The van der Waals surface area contributed by atoms with E-state index >= 15 is 0 Å². The van der Waals surface area contributed by atoms with E-state index in [4.69, 9.17) is 14.2 Å². The monoisotopic (exact) mass is 575 g/mol. The first-order chi connectivity index (χ1) is 19.8. The van der Waals surface area contributed by atoms with E-state index in [-0.39, 0.29) is 30.9 Å². The predicted octanol–water partition coefficient (Wildman–Crippen LogP) is 2.01. The molecule has 4 fully saturated rings. The van der Waals surface area contributed by atoms with Gasteiger partial charge in [-0.05, 0) is 44.4 Å². The van der Waals surface area contributed by atoms with E-state index in [1.807, 2.05) is 19.9 Å². The van der Waals surface area contributed by atoms with Crippen molar-refractivity contribution in [3.8, 4) is 0 Å². The van der Waals surface area contributed by atoms with Crippen LogP contribution in [0.25, 0.3) is 0 Å². The number of carbonyl (C=O) groups is 3. The molecule has 6 atom stereocenters. The lowest BCUT2D eigenvalue weighted by atomic mass is 9.70. The van der Waals surface area contributed by atoms with Gasteiger partial charge in [-0.1, -0.05) is 26.0 Å². The summed E-state index contributed by atoms with van der Waals surface area (Å²) in [5.41, 5.74) is -1.12. The summed E-state index contributed by atoms with van der Waals surface area (Å²) in [4.78, 5) is 47.8. The Hall–Kier alpha value is -2.27. The second-order valence-corrected chi connectivity index (χ2v) is 12.2. The van der Waals surface area contributed by atoms with Crippen molar-refractivity contribution in [1.82, 2.24) is 14.7 Å². The van der Waals surface area contributed by atoms with E-state index < -0.39 is 41.6 Å². The van der Waals surface area contributed by atoms with E-state index in [0.717, 1.165) is 25.9 Å². The van der Waals surface area contributed by atoms with Crippen LogP contribution in [0.5, 0.6) is 0 Å². The van der Waals surface area contributed by atoms with Gasteiger partial charge >= 0.3 is 5.97 Å². The molecular formula is C31H49N3O7. The molecule has 2 bridgehead atoms. The average molecular weight is 576 g/mol. The minimum Gasteiger partial charge on any atom is -0.465 e. The van der Waals surface area contributed by atoms with Gasteiger partial charge in [0.05, 0.1) is 50.4 Å². The van der Waals surface area contributed by atoms with Gasteiger partial charge in [-0.3, -0.25) is 19.3 Å². The quantitative estimate of drug-likeness (QED) is 0.169. The van der Waals surface area contributed by atoms with Gasteiger partial charge in [0.15, 0.2) is 0 Å². The third-order valence-corrected chi connectivity index (χ3v) is 9.09. The summed E-state index contributed by atoms with van der Waals surface area (Å²) in [5.74, 6) is -2.30. The molecule has 0 aromatic carbocycles. The summed E-state index contributed by atoms with van der Waals surface area (Å²) >= 11 is 0. The van der Waals surface area contributed by atoms with E-state index in [1.54, 1.807) is 15.9 Å². The minimum atomic E-state index is -1.12. The van der Waals surface area contributed by atoms with Crippen LogP contribution in [-0.2, 0) is 28.6 Å². The molecule has 1 N–H and O–H groups in total. The first kappa shape index (κ1) is 31.7. The van der Waals surface area contributed by atoms with Crippen molar-refractivity contribution in [2.45, 2.75) is 76.2 Å². The maximum absolute atomic E-state index is 14.5. The van der Waals surface area contributed by atoms with Crippen molar-refractivity contribution < 1.29 is 33.7 Å². The molecule has 41 heavy (non-hydrogen) atoms. The maximum Gasteiger partial charge on any atom is 0.312 e. The van der Waals surface area contributed by atoms with E-state index in [2.05, 4.69) is 18.1 Å². The molecule has 2 amide bonds. The van der Waals surface area contributed by atoms with Crippen LogP contribution in [-0.4, -0.2) is 121 Å². The topological polar surface area (TPSA) is 109 Å². The summed E-state index contributed by atoms with van der Waals surface area (Å²) in [6.45, 7) is 16.1. The molecule has 4 saturated heterocycles. The number of amides is 2. The van der Waals surface area contributed by atoms with Crippen molar-refractivity contribution in [3.63, 3.8) is 0 Å². The Kier molecular flexibility index (Phi) is 11.0. The summed E-state index contributed by atoms with van der Waals surface area (Å²) in [6.07, 6.45) is 7.14. The Morgan fingerprint density at radius 3 is 2.63 bits per heavy atom. The zero-order valence-electron chi connectivity index (χ0n) is 24.9. The molecule has 10 heteroatoms. The molecule has 4 aliphatic rings. The Labute approximate surface area is 244 Å². The number of unbranched alkanes of at least 4 members (excludes halogenated alkanes) is 2. The van der Waals surface area contributed by atoms with Gasteiger partial charge in [-0.25, -0.2) is 0 Å². The number of fused-ring (bicyclic) bond motifs is 1.